The van der Waals surface area contributed by atoms with Crippen LogP contribution in [0.5, 0.6) is 11.8 Å². The highest BCUT2D eigenvalue weighted by molar-refractivity contribution is 6.06. The molecule has 0 radical (unpaired) electrons. The van der Waals surface area contributed by atoms with E-state index in [9.17, 15) is 9.90 Å². The van der Waals surface area contributed by atoms with Crippen LogP contribution in [0, 0.1) is 11.2 Å². The molecule has 7 rings (SSSR count). The minimum atomic E-state index is -0.884. The van der Waals surface area contributed by atoms with E-state index in [2.05, 4.69) is 4.90 Å². The summed E-state index contributed by atoms with van der Waals surface area (Å²) in [5, 5.41) is 18.1. The largest absolute Gasteiger partial charge is 0.468 e. The number of β-amino-alcohol motifs (C(OH)–C–C–N with tert-alkyl or cyclic N) is 1. The van der Waals surface area contributed by atoms with Gasteiger partial charge >= 0.3 is 6.01 Å². The molecule has 1 saturated heterocycles. The molecule has 5 aromatic rings. The normalized spacial score (nSPS) is 19.4. The van der Waals surface area contributed by atoms with Crippen molar-refractivity contribution in [2.45, 2.75) is 51.6 Å². The Morgan fingerprint density at radius 1 is 1.09 bits per heavy atom. The number of carbonyl (C=O) groups excluding carboxylic acids is 1. The number of aryl methyl sites for hydroxylation is 1. The van der Waals surface area contributed by atoms with Crippen molar-refractivity contribution in [2.24, 2.45) is 5.41 Å². The van der Waals surface area contributed by atoms with Gasteiger partial charge in [0.1, 0.15) is 30.3 Å². The van der Waals surface area contributed by atoms with Crippen LogP contribution < -0.4 is 14.4 Å². The molecule has 0 spiro atoms. The average molecular weight is 614 g/mol. The molecule has 10 nitrogen and oxygen atoms in total. The molecule has 4 heterocycles. The van der Waals surface area contributed by atoms with E-state index >= 15 is 4.39 Å². The van der Waals surface area contributed by atoms with Crippen molar-refractivity contribution in [1.82, 2.24) is 19.6 Å². The van der Waals surface area contributed by atoms with Gasteiger partial charge in [-0.1, -0.05) is 13.0 Å². The fraction of sp³-hybridized carbons (Fsp3) is 0.412. The number of ether oxygens (including phenoxy) is 3. The van der Waals surface area contributed by atoms with E-state index in [0.717, 1.165) is 52.8 Å². The molecule has 0 unspecified atom stereocenters. The summed E-state index contributed by atoms with van der Waals surface area (Å²) in [6.45, 7) is 5.11. The summed E-state index contributed by atoms with van der Waals surface area (Å²) < 4.78 is 34.2. The lowest BCUT2D eigenvalue weighted by Gasteiger charge is -2.38. The van der Waals surface area contributed by atoms with Crippen LogP contribution in [0.1, 0.15) is 45.1 Å². The van der Waals surface area contributed by atoms with Crippen molar-refractivity contribution in [3.05, 3.63) is 54.0 Å². The monoisotopic (exact) mass is 613 g/mol. The van der Waals surface area contributed by atoms with E-state index in [1.165, 1.54) is 6.07 Å². The lowest BCUT2D eigenvalue weighted by Crippen LogP contribution is -2.46. The number of halogens is 1. The van der Waals surface area contributed by atoms with Gasteiger partial charge < -0.3 is 29.0 Å². The Balaban J connectivity index is 1.49. The highest BCUT2D eigenvalue weighted by atomic mass is 19.1. The van der Waals surface area contributed by atoms with Crippen molar-refractivity contribution < 1.29 is 28.5 Å². The number of hydrogen-bond acceptors (Lipinski definition) is 9. The van der Waals surface area contributed by atoms with E-state index in [0.29, 0.717) is 54.3 Å². The fourth-order valence-corrected chi connectivity index (χ4v) is 6.47. The average Bonchev–Trinajstić information content (AvgIpc) is 3.66. The number of methoxy groups -OCH3 is 1. The minimum Gasteiger partial charge on any atom is -0.468 e. The summed E-state index contributed by atoms with van der Waals surface area (Å²) in [6, 6.07) is 11.0. The number of rotatable bonds is 10. The molecule has 0 bridgehead atoms. The van der Waals surface area contributed by atoms with E-state index in [1.807, 2.05) is 42.6 Å². The van der Waals surface area contributed by atoms with Crippen LogP contribution in [0.4, 0.5) is 10.2 Å². The third kappa shape index (κ3) is 5.33. The van der Waals surface area contributed by atoms with Gasteiger partial charge in [0.05, 0.1) is 39.3 Å². The first-order valence-electron chi connectivity index (χ1n) is 15.4. The zero-order valence-corrected chi connectivity index (χ0v) is 25.7. The molecule has 0 amide bonds. The summed E-state index contributed by atoms with van der Waals surface area (Å²) in [4.78, 5) is 23.5. The lowest BCUT2D eigenvalue weighted by atomic mass is 9.94. The molecule has 1 atom stereocenters. The van der Waals surface area contributed by atoms with E-state index < -0.39 is 11.0 Å². The Bertz CT molecular complexity index is 1940. The molecule has 2 fully saturated rings. The van der Waals surface area contributed by atoms with Gasteiger partial charge in [-0.25, -0.2) is 8.91 Å². The number of benzene rings is 2. The molecule has 1 aliphatic carbocycles. The number of anilines is 1. The van der Waals surface area contributed by atoms with E-state index in [4.69, 9.17) is 29.3 Å². The molecule has 234 valence electrons. The third-order valence-electron chi connectivity index (χ3n) is 9.02. The van der Waals surface area contributed by atoms with Crippen molar-refractivity contribution in [1.29, 1.82) is 0 Å². The molecule has 3 aromatic heterocycles. The van der Waals surface area contributed by atoms with Crippen molar-refractivity contribution in [2.75, 3.05) is 38.5 Å². The topological polar surface area (TPSA) is 111 Å². The highest BCUT2D eigenvalue weighted by Crippen LogP contribution is 2.44. The van der Waals surface area contributed by atoms with Gasteiger partial charge in [-0.15, -0.1) is 0 Å². The SMILES string of the molecule is CCc1c(F)ccc2cc(OCOC)cc(-c3cc4nc(OCC5(C=O)CC5)nc(N5CCC[C@@](C)(O)C5)c4c4ccnn34)c12. The van der Waals surface area contributed by atoms with Crippen LogP contribution in [0.2, 0.25) is 0 Å². The molecule has 2 aromatic carbocycles. The zero-order valence-electron chi connectivity index (χ0n) is 25.7. The third-order valence-corrected chi connectivity index (χ3v) is 9.02. The maximum absolute atomic E-state index is 15.3. The van der Waals surface area contributed by atoms with Crippen molar-refractivity contribution in [3.8, 4) is 23.0 Å². The quantitative estimate of drug-likeness (QED) is 0.161. The van der Waals surface area contributed by atoms with Crippen LogP contribution in [-0.2, 0) is 16.0 Å². The second kappa shape index (κ2) is 11.2. The van der Waals surface area contributed by atoms with Crippen LogP contribution in [0.25, 0.3) is 38.4 Å². The molecule has 1 saturated carbocycles. The smallest absolute Gasteiger partial charge is 0.318 e. The number of fused-ring (bicyclic) bond motifs is 4. The summed E-state index contributed by atoms with van der Waals surface area (Å²) >= 11 is 0. The summed E-state index contributed by atoms with van der Waals surface area (Å²) in [6.07, 6.45) is 6.20. The summed E-state index contributed by atoms with van der Waals surface area (Å²) in [5.41, 5.74) is 1.99. The Morgan fingerprint density at radius 3 is 2.67 bits per heavy atom. The van der Waals surface area contributed by atoms with Crippen LogP contribution in [0.15, 0.2) is 42.6 Å². The number of nitrogens with zero attached hydrogens (tertiary/aromatic N) is 5. The predicted octanol–water partition coefficient (Wildman–Crippen LogP) is 5.49. The van der Waals surface area contributed by atoms with Crippen LogP contribution >= 0.6 is 0 Å². The van der Waals surface area contributed by atoms with Gasteiger partial charge in [0.2, 0.25) is 0 Å². The summed E-state index contributed by atoms with van der Waals surface area (Å²) in [7, 11) is 1.56. The molecule has 1 aliphatic heterocycles. The van der Waals surface area contributed by atoms with Gasteiger partial charge in [0, 0.05) is 25.8 Å². The number of piperidine rings is 1. The predicted molar refractivity (Wildman–Crippen MR) is 168 cm³/mol. The first-order chi connectivity index (χ1) is 21.7. The number of aromatic nitrogens is 4. The van der Waals surface area contributed by atoms with Crippen molar-refractivity contribution >= 4 is 39.3 Å². The molecule has 2 aliphatic rings. The standard InChI is InChI=1S/C34H36FN5O5/c1-4-23-25(35)7-6-21-14-22(45-20-43-3)15-24(29(21)23)28-16-26-30(27-8-12-36-40(27)28)31(39-13-5-9-33(2,42)17-39)38-32(37-26)44-19-34(18-41)10-11-34/h6-8,12,14-16,18,42H,4-5,9-11,13,17,19-20H2,1-3H3/t33-/m1/s1. The second-order valence-corrected chi connectivity index (χ2v) is 12.5. The number of aliphatic hydroxyl groups is 1. The molecule has 45 heavy (non-hydrogen) atoms. The van der Waals surface area contributed by atoms with Gasteiger partial charge in [0.15, 0.2) is 6.79 Å². The van der Waals surface area contributed by atoms with Crippen LogP contribution in [-0.4, -0.2) is 70.2 Å². The Kier molecular flexibility index (Phi) is 7.32. The maximum Gasteiger partial charge on any atom is 0.318 e. The van der Waals surface area contributed by atoms with Gasteiger partial charge in [0.25, 0.3) is 0 Å². The molecule has 11 heteroatoms. The maximum atomic E-state index is 15.3. The highest BCUT2D eigenvalue weighted by Gasteiger charge is 2.44. The zero-order chi connectivity index (χ0) is 31.3. The van der Waals surface area contributed by atoms with Crippen LogP contribution in [0.3, 0.4) is 0 Å². The van der Waals surface area contributed by atoms with Crippen molar-refractivity contribution in [3.63, 3.8) is 0 Å². The molecule has 1 N–H and O–H groups in total. The number of aldehydes is 1. The first kappa shape index (κ1) is 29.4. The minimum absolute atomic E-state index is 0.0564. The number of carbonyl (C=O) groups is 1. The Labute approximate surface area is 259 Å². The van der Waals surface area contributed by atoms with E-state index in [1.54, 1.807) is 19.4 Å². The Hall–Kier alpha value is -4.35. The molecular formula is C34H36FN5O5. The lowest BCUT2D eigenvalue weighted by molar-refractivity contribution is -0.113. The van der Waals surface area contributed by atoms with Gasteiger partial charge in [-0.2, -0.15) is 15.1 Å². The first-order valence-corrected chi connectivity index (χ1v) is 15.4. The van der Waals surface area contributed by atoms with Gasteiger partial charge in [-0.3, -0.25) is 0 Å². The Morgan fingerprint density at radius 2 is 1.93 bits per heavy atom. The number of pyridine rings is 1. The summed E-state index contributed by atoms with van der Waals surface area (Å²) in [5.74, 6) is 0.918. The fourth-order valence-electron chi connectivity index (χ4n) is 6.47. The number of hydrogen-bond donors (Lipinski definition) is 1. The van der Waals surface area contributed by atoms with E-state index in [-0.39, 0.29) is 25.2 Å². The molecular weight excluding hydrogens is 577 g/mol. The van der Waals surface area contributed by atoms with Gasteiger partial charge in [-0.05, 0) is 85.7 Å². The second-order valence-electron chi connectivity index (χ2n) is 12.5.